The Bertz CT molecular complexity index is 1040. The number of rotatable bonds is 4. The Labute approximate surface area is 172 Å². The summed E-state index contributed by atoms with van der Waals surface area (Å²) in [4.78, 5) is 6.68. The number of aryl methyl sites for hydroxylation is 1. The molecule has 4 rings (SSSR count). The lowest BCUT2D eigenvalue weighted by Gasteiger charge is -2.29. The first-order valence-electron chi connectivity index (χ1n) is 9.94. The van der Waals surface area contributed by atoms with E-state index in [0.717, 1.165) is 41.3 Å². The van der Waals surface area contributed by atoms with Gasteiger partial charge in [0.25, 0.3) is 0 Å². The molecule has 1 aromatic heterocycles. The van der Waals surface area contributed by atoms with Crippen molar-refractivity contribution in [1.29, 1.82) is 0 Å². The van der Waals surface area contributed by atoms with Crippen molar-refractivity contribution in [2.24, 2.45) is 0 Å². The fourth-order valence-electron chi connectivity index (χ4n) is 3.85. The van der Waals surface area contributed by atoms with E-state index in [9.17, 15) is 0 Å². The standard InChI is InChI=1S/C24H27N3S/c1-16(2)27-11-9-18(10-12-27)22-15-25-23-8-7-20(14-21(22)23)26-24(28)19-6-4-5-17(3)13-19/h4-9,13-16,25H,10-12H2,1-3H3,(H,26,28). The van der Waals surface area contributed by atoms with Gasteiger partial charge in [-0.25, -0.2) is 0 Å². The number of benzene rings is 2. The largest absolute Gasteiger partial charge is 0.361 e. The molecular formula is C24H27N3S. The Morgan fingerprint density at radius 3 is 2.75 bits per heavy atom. The van der Waals surface area contributed by atoms with Crippen LogP contribution >= 0.6 is 12.2 Å². The summed E-state index contributed by atoms with van der Waals surface area (Å²) in [7, 11) is 0. The number of hydrogen-bond acceptors (Lipinski definition) is 2. The molecule has 0 atom stereocenters. The van der Waals surface area contributed by atoms with E-state index in [2.05, 4.69) is 84.6 Å². The van der Waals surface area contributed by atoms with E-state index in [1.807, 2.05) is 6.07 Å². The predicted octanol–water partition coefficient (Wildman–Crippen LogP) is 5.76. The molecule has 0 aliphatic carbocycles. The van der Waals surface area contributed by atoms with Crippen LogP contribution in [0.5, 0.6) is 0 Å². The minimum absolute atomic E-state index is 0.596. The second-order valence-corrected chi connectivity index (χ2v) is 8.26. The molecule has 3 nitrogen and oxygen atoms in total. The van der Waals surface area contributed by atoms with Crippen LogP contribution in [-0.2, 0) is 0 Å². The fourth-order valence-corrected chi connectivity index (χ4v) is 4.10. The Balaban J connectivity index is 1.59. The van der Waals surface area contributed by atoms with Crippen molar-refractivity contribution in [2.45, 2.75) is 33.2 Å². The summed E-state index contributed by atoms with van der Waals surface area (Å²) in [5.74, 6) is 0. The molecule has 28 heavy (non-hydrogen) atoms. The molecule has 4 heteroatoms. The third kappa shape index (κ3) is 3.89. The maximum Gasteiger partial charge on any atom is 0.110 e. The molecule has 0 bridgehead atoms. The van der Waals surface area contributed by atoms with Crippen LogP contribution in [0.3, 0.4) is 0 Å². The summed E-state index contributed by atoms with van der Waals surface area (Å²) in [5, 5.41) is 4.66. The van der Waals surface area contributed by atoms with Gasteiger partial charge in [-0.05, 0) is 57.0 Å². The Kier molecular flexibility index (Phi) is 5.33. The maximum absolute atomic E-state index is 5.62. The molecule has 0 amide bonds. The highest BCUT2D eigenvalue weighted by atomic mass is 32.1. The van der Waals surface area contributed by atoms with Gasteiger partial charge in [0.05, 0.1) is 0 Å². The van der Waals surface area contributed by atoms with Gasteiger partial charge in [0.15, 0.2) is 0 Å². The number of anilines is 1. The summed E-state index contributed by atoms with van der Waals surface area (Å²) in [6.45, 7) is 8.75. The number of aromatic amines is 1. The lowest BCUT2D eigenvalue weighted by Crippen LogP contribution is -2.34. The Hall–Kier alpha value is -2.43. The van der Waals surface area contributed by atoms with E-state index in [1.165, 1.54) is 22.1 Å². The summed E-state index contributed by atoms with van der Waals surface area (Å²) in [6.07, 6.45) is 5.61. The molecule has 144 valence electrons. The Morgan fingerprint density at radius 1 is 1.18 bits per heavy atom. The molecule has 0 fully saturated rings. The van der Waals surface area contributed by atoms with Gasteiger partial charge in [0, 0.05) is 53.0 Å². The molecule has 0 unspecified atom stereocenters. The molecule has 2 aromatic carbocycles. The molecule has 0 saturated heterocycles. The van der Waals surface area contributed by atoms with Crippen LogP contribution in [0.2, 0.25) is 0 Å². The first-order valence-corrected chi connectivity index (χ1v) is 10.3. The molecular weight excluding hydrogens is 362 g/mol. The third-order valence-corrected chi connectivity index (χ3v) is 5.87. The lowest BCUT2D eigenvalue weighted by molar-refractivity contribution is 0.245. The van der Waals surface area contributed by atoms with E-state index in [0.29, 0.717) is 6.04 Å². The topological polar surface area (TPSA) is 31.1 Å². The number of aromatic nitrogens is 1. The van der Waals surface area contributed by atoms with E-state index in [1.54, 1.807) is 0 Å². The van der Waals surface area contributed by atoms with Crippen LogP contribution in [0.1, 0.15) is 37.0 Å². The van der Waals surface area contributed by atoms with E-state index < -0.39 is 0 Å². The highest BCUT2D eigenvalue weighted by molar-refractivity contribution is 7.81. The monoisotopic (exact) mass is 389 g/mol. The van der Waals surface area contributed by atoms with Gasteiger partial charge >= 0.3 is 0 Å². The van der Waals surface area contributed by atoms with Gasteiger partial charge in [-0.15, -0.1) is 0 Å². The van der Waals surface area contributed by atoms with Crippen molar-refractivity contribution in [3.63, 3.8) is 0 Å². The van der Waals surface area contributed by atoms with Crippen LogP contribution in [0, 0.1) is 6.92 Å². The van der Waals surface area contributed by atoms with E-state index in [-0.39, 0.29) is 0 Å². The van der Waals surface area contributed by atoms with Crippen molar-refractivity contribution in [1.82, 2.24) is 9.88 Å². The average Bonchev–Trinajstić information content (AvgIpc) is 3.11. The smallest absolute Gasteiger partial charge is 0.110 e. The summed E-state index contributed by atoms with van der Waals surface area (Å²) in [6, 6.07) is 15.3. The first-order chi connectivity index (χ1) is 13.5. The number of nitrogens with one attached hydrogen (secondary N) is 2. The van der Waals surface area contributed by atoms with Crippen LogP contribution in [0.15, 0.2) is 54.7 Å². The zero-order valence-electron chi connectivity index (χ0n) is 16.8. The highest BCUT2D eigenvalue weighted by Gasteiger charge is 2.17. The average molecular weight is 390 g/mol. The number of hydrogen-bond donors (Lipinski definition) is 2. The zero-order chi connectivity index (χ0) is 19.7. The molecule has 3 aromatic rings. The van der Waals surface area contributed by atoms with Crippen molar-refractivity contribution in [2.75, 3.05) is 18.4 Å². The zero-order valence-corrected chi connectivity index (χ0v) is 17.6. The van der Waals surface area contributed by atoms with Crippen LogP contribution < -0.4 is 5.32 Å². The van der Waals surface area contributed by atoms with E-state index in [4.69, 9.17) is 12.2 Å². The number of fused-ring (bicyclic) bond motifs is 1. The van der Waals surface area contributed by atoms with Gasteiger partial charge in [-0.1, -0.05) is 42.1 Å². The number of nitrogens with zero attached hydrogens (tertiary/aromatic N) is 1. The van der Waals surface area contributed by atoms with Gasteiger partial charge in [-0.2, -0.15) is 0 Å². The minimum Gasteiger partial charge on any atom is -0.361 e. The number of thiocarbonyl (C=S) groups is 1. The summed E-state index contributed by atoms with van der Waals surface area (Å²) < 4.78 is 0. The van der Waals surface area contributed by atoms with Gasteiger partial charge in [-0.3, -0.25) is 4.90 Å². The molecule has 0 saturated carbocycles. The SMILES string of the molecule is Cc1cccc(C(=S)Nc2ccc3[nH]cc(C4=CCN(C(C)C)CC4)c3c2)c1. The van der Waals surface area contributed by atoms with Crippen molar-refractivity contribution < 1.29 is 0 Å². The third-order valence-electron chi connectivity index (χ3n) is 5.54. The number of H-pyrrole nitrogens is 1. The quantitative estimate of drug-likeness (QED) is 0.556. The van der Waals surface area contributed by atoms with Crippen LogP contribution in [-0.4, -0.2) is 34.0 Å². The molecule has 1 aliphatic heterocycles. The van der Waals surface area contributed by atoms with Crippen molar-refractivity contribution in [3.05, 3.63) is 71.4 Å². The predicted molar refractivity (Wildman–Crippen MR) is 124 cm³/mol. The Morgan fingerprint density at radius 2 is 2.04 bits per heavy atom. The van der Waals surface area contributed by atoms with Crippen LogP contribution in [0.4, 0.5) is 5.69 Å². The summed E-state index contributed by atoms with van der Waals surface area (Å²) in [5.41, 5.74) is 7.19. The molecule has 0 radical (unpaired) electrons. The second kappa shape index (κ2) is 7.90. The van der Waals surface area contributed by atoms with Crippen LogP contribution in [0.25, 0.3) is 16.5 Å². The molecule has 2 heterocycles. The van der Waals surface area contributed by atoms with Crippen molar-refractivity contribution >= 4 is 39.4 Å². The molecule has 0 spiro atoms. The fraction of sp³-hybridized carbons (Fsp3) is 0.292. The molecule has 2 N–H and O–H groups in total. The maximum atomic E-state index is 5.62. The van der Waals surface area contributed by atoms with E-state index >= 15 is 0 Å². The highest BCUT2D eigenvalue weighted by Crippen LogP contribution is 2.31. The van der Waals surface area contributed by atoms with Gasteiger partial charge in [0.2, 0.25) is 0 Å². The van der Waals surface area contributed by atoms with Crippen molar-refractivity contribution in [3.8, 4) is 0 Å². The normalized spacial score (nSPS) is 15.1. The summed E-state index contributed by atoms with van der Waals surface area (Å²) >= 11 is 5.62. The molecule has 1 aliphatic rings. The van der Waals surface area contributed by atoms with Gasteiger partial charge in [0.1, 0.15) is 4.99 Å². The van der Waals surface area contributed by atoms with Gasteiger partial charge < -0.3 is 10.3 Å². The first kappa shape index (κ1) is 18.9. The lowest BCUT2D eigenvalue weighted by atomic mass is 9.98. The second-order valence-electron chi connectivity index (χ2n) is 7.85. The minimum atomic E-state index is 0.596.